The molecule has 0 radical (unpaired) electrons. The topological polar surface area (TPSA) is 84.0 Å². The maximum Gasteiger partial charge on any atom is 0.290 e. The molecule has 0 unspecified atom stereocenters. The van der Waals surface area contributed by atoms with Crippen LogP contribution in [-0.4, -0.2) is 33.3 Å². The fourth-order valence-electron chi connectivity index (χ4n) is 3.36. The van der Waals surface area contributed by atoms with Crippen molar-refractivity contribution < 1.29 is 22.0 Å². The number of hydrogen-bond donors (Lipinski definition) is 0. The molecule has 0 N–H and O–H groups in total. The van der Waals surface area contributed by atoms with Crippen molar-refractivity contribution >= 4 is 21.4 Å². The minimum Gasteiger partial charge on any atom is -0.467 e. The van der Waals surface area contributed by atoms with Gasteiger partial charge in [0.25, 0.3) is 5.91 Å². The first-order valence-corrected chi connectivity index (χ1v) is 11.8. The van der Waals surface area contributed by atoms with Crippen molar-refractivity contribution in [3.8, 4) is 0 Å². The fourth-order valence-corrected chi connectivity index (χ4v) is 4.56. The largest absolute Gasteiger partial charge is 0.467 e. The summed E-state index contributed by atoms with van der Waals surface area (Å²) in [6.45, 7) is 0.511. The van der Waals surface area contributed by atoms with Crippen LogP contribution in [0.3, 0.4) is 0 Å². The van der Waals surface area contributed by atoms with Gasteiger partial charge in [-0.2, -0.15) is 0 Å². The summed E-state index contributed by atoms with van der Waals surface area (Å²) in [5.41, 5.74) is 1.97. The Morgan fingerprint density at radius 1 is 0.848 bits per heavy atom. The van der Waals surface area contributed by atoms with Gasteiger partial charge in [-0.25, -0.2) is 8.42 Å². The molecule has 2 heterocycles. The van der Waals surface area contributed by atoms with Crippen LogP contribution in [0.5, 0.6) is 0 Å². The number of furan rings is 2. The van der Waals surface area contributed by atoms with Crippen LogP contribution in [0.1, 0.15) is 21.9 Å². The quantitative estimate of drug-likeness (QED) is 0.379. The average molecular weight is 465 g/mol. The van der Waals surface area contributed by atoms with Crippen LogP contribution in [-0.2, 0) is 22.9 Å². The molecule has 4 aromatic rings. The van der Waals surface area contributed by atoms with Gasteiger partial charge < -0.3 is 18.6 Å². The molecule has 0 aliphatic heterocycles. The summed E-state index contributed by atoms with van der Waals surface area (Å²) < 4.78 is 36.6. The third-order valence-electron chi connectivity index (χ3n) is 5.15. The Morgan fingerprint density at radius 2 is 1.58 bits per heavy atom. The highest BCUT2D eigenvalue weighted by Crippen LogP contribution is 2.24. The summed E-state index contributed by atoms with van der Waals surface area (Å²) in [5.74, 6) is 0.121. The number of hydrogen-bond acceptors (Lipinski definition) is 6. The highest BCUT2D eigenvalue weighted by Gasteiger charge is 2.26. The average Bonchev–Trinajstić information content (AvgIpc) is 3.52. The molecule has 0 saturated carbocycles. The Bertz CT molecular complexity index is 1310. The number of nitrogens with zero attached hydrogens (tertiary/aromatic N) is 2. The van der Waals surface area contributed by atoms with Crippen molar-refractivity contribution in [3.63, 3.8) is 0 Å². The normalized spacial score (nSPS) is 11.3. The molecular weight excluding hydrogens is 440 g/mol. The van der Waals surface area contributed by atoms with Gasteiger partial charge in [0.1, 0.15) is 5.76 Å². The van der Waals surface area contributed by atoms with E-state index in [2.05, 4.69) is 0 Å². The Morgan fingerprint density at radius 3 is 2.21 bits per heavy atom. The second-order valence-electron chi connectivity index (χ2n) is 7.74. The Kier molecular flexibility index (Phi) is 6.37. The van der Waals surface area contributed by atoms with Gasteiger partial charge in [-0.15, -0.1) is 0 Å². The molecule has 33 heavy (non-hydrogen) atoms. The van der Waals surface area contributed by atoms with Crippen molar-refractivity contribution in [1.82, 2.24) is 4.90 Å². The predicted octanol–water partition coefficient (Wildman–Crippen LogP) is 4.61. The number of anilines is 1. The number of amides is 1. The van der Waals surface area contributed by atoms with E-state index in [0.717, 1.165) is 11.3 Å². The van der Waals surface area contributed by atoms with Crippen LogP contribution >= 0.6 is 0 Å². The molecule has 0 aliphatic rings. The zero-order chi connectivity index (χ0) is 23.4. The van der Waals surface area contributed by atoms with E-state index in [9.17, 15) is 13.2 Å². The standard InChI is InChI=1S/C25H24N2O5S/c1-26(2)20-12-10-19(11-13-20)17-27(18-21-7-6-16-31-21)25(28)23-14-15-24(32-23)33(29,30)22-8-4-3-5-9-22/h3-16H,17-18H2,1-2H3. The molecule has 0 aliphatic carbocycles. The second kappa shape index (κ2) is 9.38. The van der Waals surface area contributed by atoms with Crippen molar-refractivity contribution in [2.75, 3.05) is 19.0 Å². The third-order valence-corrected chi connectivity index (χ3v) is 6.79. The van der Waals surface area contributed by atoms with E-state index in [-0.39, 0.29) is 22.3 Å². The molecule has 2 aromatic heterocycles. The van der Waals surface area contributed by atoms with E-state index in [4.69, 9.17) is 8.83 Å². The van der Waals surface area contributed by atoms with Crippen LogP contribution in [0.4, 0.5) is 5.69 Å². The first kappa shape index (κ1) is 22.4. The highest BCUT2D eigenvalue weighted by molar-refractivity contribution is 7.91. The molecular formula is C25H24N2O5S. The van der Waals surface area contributed by atoms with Gasteiger partial charge in [-0.1, -0.05) is 30.3 Å². The van der Waals surface area contributed by atoms with Crippen LogP contribution in [0.25, 0.3) is 0 Å². The van der Waals surface area contributed by atoms with Gasteiger partial charge in [0, 0.05) is 26.3 Å². The zero-order valence-corrected chi connectivity index (χ0v) is 19.2. The number of rotatable bonds is 8. The van der Waals surface area contributed by atoms with E-state index < -0.39 is 15.7 Å². The maximum atomic E-state index is 13.3. The van der Waals surface area contributed by atoms with Crippen molar-refractivity contribution in [2.45, 2.75) is 23.1 Å². The molecule has 2 aromatic carbocycles. The minimum atomic E-state index is -3.86. The summed E-state index contributed by atoms with van der Waals surface area (Å²) >= 11 is 0. The molecule has 0 bridgehead atoms. The molecule has 8 heteroatoms. The van der Waals surface area contributed by atoms with Crippen molar-refractivity contribution in [1.29, 1.82) is 0 Å². The van der Waals surface area contributed by atoms with Gasteiger partial charge in [-0.3, -0.25) is 4.79 Å². The van der Waals surface area contributed by atoms with Crippen LogP contribution in [0.15, 0.2) is 104 Å². The molecule has 4 rings (SSSR count). The lowest BCUT2D eigenvalue weighted by atomic mass is 10.1. The lowest BCUT2D eigenvalue weighted by molar-refractivity contribution is 0.0679. The first-order chi connectivity index (χ1) is 15.8. The first-order valence-electron chi connectivity index (χ1n) is 10.3. The van der Waals surface area contributed by atoms with Gasteiger partial charge in [0.15, 0.2) is 5.76 Å². The summed E-state index contributed by atoms with van der Waals surface area (Å²) in [5, 5.41) is -0.273. The molecule has 7 nitrogen and oxygen atoms in total. The molecule has 0 spiro atoms. The zero-order valence-electron chi connectivity index (χ0n) is 18.3. The lowest BCUT2D eigenvalue weighted by Gasteiger charge is -2.21. The van der Waals surface area contributed by atoms with Crippen LogP contribution in [0, 0.1) is 0 Å². The smallest absolute Gasteiger partial charge is 0.290 e. The summed E-state index contributed by atoms with van der Waals surface area (Å²) in [6, 6.07) is 22.1. The van der Waals surface area contributed by atoms with Gasteiger partial charge in [-0.05, 0) is 54.1 Å². The van der Waals surface area contributed by atoms with Crippen molar-refractivity contribution in [3.05, 3.63) is 102 Å². The molecule has 0 atom stereocenters. The highest BCUT2D eigenvalue weighted by atomic mass is 32.2. The van der Waals surface area contributed by atoms with Crippen molar-refractivity contribution in [2.24, 2.45) is 0 Å². The van der Waals surface area contributed by atoms with Gasteiger partial charge >= 0.3 is 0 Å². The fraction of sp³-hybridized carbons (Fsp3) is 0.160. The van der Waals surface area contributed by atoms with E-state index in [1.807, 2.05) is 43.3 Å². The Hall–Kier alpha value is -3.78. The number of benzene rings is 2. The summed E-state index contributed by atoms with van der Waals surface area (Å²) in [7, 11) is 0.0564. The van der Waals surface area contributed by atoms with E-state index >= 15 is 0 Å². The lowest BCUT2D eigenvalue weighted by Crippen LogP contribution is -2.29. The molecule has 0 saturated heterocycles. The van der Waals surface area contributed by atoms with E-state index in [1.165, 1.54) is 24.3 Å². The monoisotopic (exact) mass is 464 g/mol. The van der Waals surface area contributed by atoms with Gasteiger partial charge in [0.2, 0.25) is 14.9 Å². The van der Waals surface area contributed by atoms with Gasteiger partial charge in [0.05, 0.1) is 17.7 Å². The molecule has 1 amide bonds. The number of carbonyl (C=O) groups excluding carboxylic acids is 1. The van der Waals surface area contributed by atoms with Crippen LogP contribution < -0.4 is 4.90 Å². The molecule has 170 valence electrons. The Balaban J connectivity index is 1.60. The van der Waals surface area contributed by atoms with Crippen LogP contribution in [0.2, 0.25) is 0 Å². The maximum absolute atomic E-state index is 13.3. The van der Waals surface area contributed by atoms with E-state index in [0.29, 0.717) is 12.3 Å². The molecule has 0 fully saturated rings. The number of carbonyl (C=O) groups is 1. The number of sulfone groups is 1. The third kappa shape index (κ3) is 5.01. The summed E-state index contributed by atoms with van der Waals surface area (Å²) in [6.07, 6.45) is 1.54. The SMILES string of the molecule is CN(C)c1ccc(CN(Cc2ccco2)C(=O)c2ccc(S(=O)(=O)c3ccccc3)o2)cc1. The van der Waals surface area contributed by atoms with E-state index in [1.54, 1.807) is 41.5 Å². The second-order valence-corrected chi connectivity index (χ2v) is 9.62. The predicted molar refractivity (Wildman–Crippen MR) is 124 cm³/mol. The summed E-state index contributed by atoms with van der Waals surface area (Å²) in [4.78, 5) is 17.0. The Labute approximate surface area is 192 Å². The minimum absolute atomic E-state index is 0.0547.